The molecule has 84 valence electrons. The fourth-order valence-electron chi connectivity index (χ4n) is 1.47. The summed E-state index contributed by atoms with van der Waals surface area (Å²) in [4.78, 5) is 22.8. The van der Waals surface area contributed by atoms with Gasteiger partial charge in [0.1, 0.15) is 5.82 Å². The van der Waals surface area contributed by atoms with Crippen LogP contribution in [0.5, 0.6) is 0 Å². The number of hydrogen-bond acceptors (Lipinski definition) is 3. The van der Waals surface area contributed by atoms with Gasteiger partial charge in [-0.25, -0.2) is 4.39 Å². The predicted molar refractivity (Wildman–Crippen MR) is 60.4 cm³/mol. The molecule has 0 bridgehead atoms. The molecule has 0 fully saturated rings. The van der Waals surface area contributed by atoms with Gasteiger partial charge in [-0.05, 0) is 24.3 Å². The molecule has 0 saturated carbocycles. The predicted octanol–water partition coefficient (Wildman–Crippen LogP) is 2.46. The van der Waals surface area contributed by atoms with E-state index in [0.29, 0.717) is 10.6 Å². The van der Waals surface area contributed by atoms with Crippen LogP contribution < -0.4 is 5.32 Å². The van der Waals surface area contributed by atoms with Gasteiger partial charge in [-0.15, -0.1) is 11.8 Å². The largest absolute Gasteiger partial charge is 0.318 e. The van der Waals surface area contributed by atoms with Crippen LogP contribution in [0.2, 0.25) is 0 Å². The van der Waals surface area contributed by atoms with Crippen molar-refractivity contribution in [1.82, 2.24) is 0 Å². The van der Waals surface area contributed by atoms with Crippen molar-refractivity contribution < 1.29 is 14.0 Å². The maximum absolute atomic E-state index is 13.6. The summed E-state index contributed by atoms with van der Waals surface area (Å²) in [5.74, 6) is -0.993. The normalized spacial score (nSPS) is 13.9. The van der Waals surface area contributed by atoms with Crippen molar-refractivity contribution in [1.29, 1.82) is 0 Å². The summed E-state index contributed by atoms with van der Waals surface area (Å²) in [7, 11) is 0. The van der Waals surface area contributed by atoms with Gasteiger partial charge in [0.15, 0.2) is 0 Å². The molecule has 5 heteroatoms. The van der Waals surface area contributed by atoms with Crippen molar-refractivity contribution in [2.75, 3.05) is 11.1 Å². The Bertz CT molecular complexity index is 473. The van der Waals surface area contributed by atoms with Crippen molar-refractivity contribution in [3.8, 4) is 0 Å². The van der Waals surface area contributed by atoms with Gasteiger partial charge in [0.05, 0.1) is 11.3 Å². The first-order valence-corrected chi connectivity index (χ1v) is 5.94. The third-order valence-corrected chi connectivity index (χ3v) is 3.47. The Morgan fingerprint density at radius 1 is 1.38 bits per heavy atom. The number of nitrogens with one attached hydrogen (secondary N) is 1. The van der Waals surface area contributed by atoms with Gasteiger partial charge in [0.2, 0.25) is 0 Å². The number of rotatable bonds is 3. The Labute approximate surface area is 96.4 Å². The smallest absolute Gasteiger partial charge is 0.296 e. The minimum absolute atomic E-state index is 0.128. The molecule has 16 heavy (non-hydrogen) atoms. The van der Waals surface area contributed by atoms with Gasteiger partial charge < -0.3 is 5.32 Å². The van der Waals surface area contributed by atoms with Crippen LogP contribution in [0.15, 0.2) is 17.0 Å². The van der Waals surface area contributed by atoms with Crippen LogP contribution in [0.3, 0.4) is 0 Å². The molecule has 0 atom stereocenters. The Morgan fingerprint density at radius 3 is 2.81 bits per heavy atom. The first-order valence-electron chi connectivity index (χ1n) is 4.95. The van der Waals surface area contributed by atoms with Gasteiger partial charge in [-0.2, -0.15) is 0 Å². The molecular formula is C11H10FNO2S. The minimum Gasteiger partial charge on any atom is -0.318 e. The lowest BCUT2D eigenvalue weighted by atomic mass is 10.1. The van der Waals surface area contributed by atoms with Crippen LogP contribution in [0, 0.1) is 5.82 Å². The molecule has 1 N–H and O–H groups in total. The van der Waals surface area contributed by atoms with E-state index >= 15 is 0 Å². The van der Waals surface area contributed by atoms with E-state index in [1.807, 2.05) is 6.92 Å². The maximum atomic E-state index is 13.6. The molecule has 1 aliphatic heterocycles. The third kappa shape index (κ3) is 1.82. The fraction of sp³-hybridized carbons (Fsp3) is 0.273. The van der Waals surface area contributed by atoms with Crippen molar-refractivity contribution in [2.24, 2.45) is 0 Å². The van der Waals surface area contributed by atoms with Crippen LogP contribution in [0.1, 0.15) is 23.7 Å². The molecule has 0 aromatic heterocycles. The molecule has 0 radical (unpaired) electrons. The van der Waals surface area contributed by atoms with Crippen molar-refractivity contribution in [2.45, 2.75) is 18.2 Å². The maximum Gasteiger partial charge on any atom is 0.296 e. The lowest BCUT2D eigenvalue weighted by Gasteiger charge is -2.04. The van der Waals surface area contributed by atoms with Crippen LogP contribution in [0.4, 0.5) is 10.1 Å². The summed E-state index contributed by atoms with van der Waals surface area (Å²) in [6, 6.07) is 2.65. The van der Waals surface area contributed by atoms with E-state index in [9.17, 15) is 14.0 Å². The number of anilines is 1. The Balaban J connectivity index is 2.36. The number of carbonyl (C=O) groups excluding carboxylic acids is 2. The van der Waals surface area contributed by atoms with Crippen LogP contribution in [0.25, 0.3) is 0 Å². The number of carbonyl (C=O) groups is 2. The number of fused-ring (bicyclic) bond motifs is 1. The highest BCUT2D eigenvalue weighted by atomic mass is 32.2. The standard InChI is InChI=1S/C11H10FNO2S/c1-2-3-16-9-5-8-6(4-7(9)12)10(14)11(15)13-8/h4-5H,2-3H2,1H3,(H,13,14,15). The zero-order valence-corrected chi connectivity index (χ0v) is 9.49. The van der Waals surface area contributed by atoms with Crippen LogP contribution in [-0.4, -0.2) is 17.4 Å². The highest BCUT2D eigenvalue weighted by Crippen LogP contribution is 2.31. The summed E-state index contributed by atoms with van der Waals surface area (Å²) < 4.78 is 13.6. The van der Waals surface area contributed by atoms with E-state index in [0.717, 1.165) is 18.2 Å². The summed E-state index contributed by atoms with van der Waals surface area (Å²) in [5.41, 5.74) is 0.540. The summed E-state index contributed by atoms with van der Waals surface area (Å²) in [5, 5.41) is 2.42. The van der Waals surface area contributed by atoms with Crippen molar-refractivity contribution in [3.63, 3.8) is 0 Å². The number of halogens is 1. The summed E-state index contributed by atoms with van der Waals surface area (Å²) >= 11 is 1.38. The molecular weight excluding hydrogens is 229 g/mol. The monoisotopic (exact) mass is 239 g/mol. The number of thioether (sulfide) groups is 1. The number of Topliss-reactive ketones (excluding diaryl/α,β-unsaturated/α-hetero) is 1. The average Bonchev–Trinajstić information content (AvgIpc) is 2.52. The number of ketones is 1. The first-order chi connectivity index (χ1) is 7.63. The Hall–Kier alpha value is -1.36. The van der Waals surface area contributed by atoms with Crippen molar-refractivity contribution in [3.05, 3.63) is 23.5 Å². The van der Waals surface area contributed by atoms with Crippen LogP contribution in [-0.2, 0) is 4.79 Å². The van der Waals surface area contributed by atoms with E-state index in [2.05, 4.69) is 5.32 Å². The molecule has 0 aliphatic carbocycles. The molecule has 1 aliphatic rings. The zero-order valence-electron chi connectivity index (χ0n) is 8.67. The van der Waals surface area contributed by atoms with E-state index in [1.165, 1.54) is 17.8 Å². The number of benzene rings is 1. The second kappa shape index (κ2) is 4.25. The van der Waals surface area contributed by atoms with Gasteiger partial charge in [0.25, 0.3) is 11.7 Å². The molecule has 1 aromatic rings. The highest BCUT2D eigenvalue weighted by molar-refractivity contribution is 7.99. The third-order valence-electron chi connectivity index (χ3n) is 2.23. The molecule has 2 rings (SSSR count). The zero-order chi connectivity index (χ0) is 11.7. The average molecular weight is 239 g/mol. The molecule has 3 nitrogen and oxygen atoms in total. The molecule has 1 heterocycles. The van der Waals surface area contributed by atoms with Gasteiger partial charge in [0, 0.05) is 4.90 Å². The van der Waals surface area contributed by atoms with Gasteiger partial charge in [-0.1, -0.05) is 6.92 Å². The summed E-state index contributed by atoms with van der Waals surface area (Å²) in [6.45, 7) is 2.00. The lowest BCUT2D eigenvalue weighted by Crippen LogP contribution is -2.12. The molecule has 1 aromatic carbocycles. The first kappa shape index (κ1) is 11.1. The summed E-state index contributed by atoms with van der Waals surface area (Å²) in [6.07, 6.45) is 0.937. The van der Waals surface area contributed by atoms with E-state index < -0.39 is 17.5 Å². The SMILES string of the molecule is CCCSc1cc2c(cc1F)C(=O)C(=O)N2. The van der Waals surface area contributed by atoms with E-state index in [-0.39, 0.29) is 5.56 Å². The number of hydrogen-bond donors (Lipinski definition) is 1. The second-order valence-electron chi connectivity index (χ2n) is 3.46. The molecule has 1 amide bonds. The van der Waals surface area contributed by atoms with Gasteiger partial charge in [-0.3, -0.25) is 9.59 Å². The highest BCUT2D eigenvalue weighted by Gasteiger charge is 2.29. The second-order valence-corrected chi connectivity index (χ2v) is 4.60. The quantitative estimate of drug-likeness (QED) is 0.651. The topological polar surface area (TPSA) is 46.2 Å². The molecule has 0 saturated heterocycles. The van der Waals surface area contributed by atoms with Gasteiger partial charge >= 0.3 is 0 Å². The fourth-order valence-corrected chi connectivity index (χ4v) is 2.29. The van der Waals surface area contributed by atoms with Crippen molar-refractivity contribution >= 4 is 29.1 Å². The molecule has 0 spiro atoms. The Kier molecular flexibility index (Phi) is 2.96. The molecule has 0 unspecified atom stereocenters. The Morgan fingerprint density at radius 2 is 2.12 bits per heavy atom. The van der Waals surface area contributed by atoms with Crippen LogP contribution >= 0.6 is 11.8 Å². The van der Waals surface area contributed by atoms with E-state index in [1.54, 1.807) is 0 Å². The lowest BCUT2D eigenvalue weighted by molar-refractivity contribution is -0.112. The minimum atomic E-state index is -0.688. The number of amides is 1. The van der Waals surface area contributed by atoms with E-state index in [4.69, 9.17) is 0 Å².